The predicted octanol–water partition coefficient (Wildman–Crippen LogP) is 2.97. The summed E-state index contributed by atoms with van der Waals surface area (Å²) >= 11 is 0. The van der Waals surface area contributed by atoms with Crippen molar-refractivity contribution >= 4 is 39.8 Å². The van der Waals surface area contributed by atoms with E-state index in [-0.39, 0.29) is 24.2 Å². The first-order valence-corrected chi connectivity index (χ1v) is 15.9. The minimum absolute atomic E-state index is 0.0323. The molecule has 6 atom stereocenters. The number of ketones is 4. The van der Waals surface area contributed by atoms with Gasteiger partial charge in [0.1, 0.15) is 5.75 Å². The Morgan fingerprint density at radius 2 is 1.62 bits per heavy atom. The number of rotatable bonds is 6. The summed E-state index contributed by atoms with van der Waals surface area (Å²) in [6.45, 7) is 8.09. The highest BCUT2D eigenvalue weighted by atomic mass is 16.3. The van der Waals surface area contributed by atoms with E-state index in [0.29, 0.717) is 18.2 Å². The van der Waals surface area contributed by atoms with Crippen LogP contribution in [-0.4, -0.2) is 75.9 Å². The molecule has 0 aliphatic heterocycles. The highest BCUT2D eigenvalue weighted by Crippen LogP contribution is 2.62. The lowest BCUT2D eigenvalue weighted by molar-refractivity contribution is -0.203. The second-order valence-electron chi connectivity index (χ2n) is 14.6. The highest BCUT2D eigenvalue weighted by Gasteiger charge is 2.76. The van der Waals surface area contributed by atoms with E-state index in [4.69, 9.17) is 5.73 Å². The van der Waals surface area contributed by atoms with Gasteiger partial charge in [0.2, 0.25) is 5.91 Å². The van der Waals surface area contributed by atoms with Crippen LogP contribution in [0.1, 0.15) is 55.6 Å². The number of phenols is 1. The molecule has 0 bridgehead atoms. The number of nitrogens with two attached hydrogens (primary N) is 1. The number of likely N-dealkylation sites (N-methyl/N-ethyl adjacent to an activating group) is 1. The Kier molecular flexibility index (Phi) is 7.58. The number of aromatic hydroxyl groups is 1. The standard InChI is InChI=1S/C37H41N3O7/c1-18(2)39-16-19-11-12-22(21-10-8-7-9-20(19)21)23-13-14-25(41)26-24(23)15-35(3)17-36(4)31(40(5)6)30(43)27(34(38)46)32(44)37(36,47)33(45)28(35)29(26)42/h7-14,18,27-28,31,39,41,47H,15-17H2,1-6H3,(H2,38,46)/t27?,28?,31-,35+,36+,37-/m1/s1. The average molecular weight is 640 g/mol. The van der Waals surface area contributed by atoms with Crippen molar-refractivity contribution < 1.29 is 34.2 Å². The molecule has 2 fully saturated rings. The summed E-state index contributed by atoms with van der Waals surface area (Å²) in [7, 11) is 3.15. The Balaban J connectivity index is 1.55. The second-order valence-corrected chi connectivity index (χ2v) is 14.6. The zero-order valence-corrected chi connectivity index (χ0v) is 27.5. The zero-order chi connectivity index (χ0) is 34.4. The van der Waals surface area contributed by atoms with Crippen LogP contribution in [0, 0.1) is 22.7 Å². The normalized spacial score (nSPS) is 30.4. The molecule has 3 aliphatic rings. The first kappa shape index (κ1) is 32.7. The quantitative estimate of drug-likeness (QED) is 0.297. The van der Waals surface area contributed by atoms with Gasteiger partial charge < -0.3 is 21.3 Å². The van der Waals surface area contributed by atoms with Gasteiger partial charge in [-0.2, -0.15) is 0 Å². The SMILES string of the molecule is CC(C)NCc1ccc(-c2ccc(O)c3c2C[C@@]2(C)C[C@@]4(C)[C@H](N(C)C)C(=O)C(C(N)=O)C(=O)[C@@]4(O)C(=O)C2C3=O)c2ccccc12. The van der Waals surface area contributed by atoms with Gasteiger partial charge in [0.05, 0.1) is 17.5 Å². The van der Waals surface area contributed by atoms with Gasteiger partial charge in [-0.15, -0.1) is 0 Å². The number of aliphatic hydroxyl groups is 1. The summed E-state index contributed by atoms with van der Waals surface area (Å²) in [4.78, 5) is 70.4. The van der Waals surface area contributed by atoms with Crippen LogP contribution >= 0.6 is 0 Å². The molecule has 0 spiro atoms. The predicted molar refractivity (Wildman–Crippen MR) is 176 cm³/mol. The Morgan fingerprint density at radius 3 is 2.23 bits per heavy atom. The number of hydrogen-bond donors (Lipinski definition) is 4. The zero-order valence-electron chi connectivity index (χ0n) is 27.5. The van der Waals surface area contributed by atoms with Crippen molar-refractivity contribution in [1.29, 1.82) is 0 Å². The molecule has 0 aromatic heterocycles. The van der Waals surface area contributed by atoms with Gasteiger partial charge in [-0.1, -0.05) is 70.2 Å². The van der Waals surface area contributed by atoms with E-state index in [1.807, 2.05) is 36.4 Å². The van der Waals surface area contributed by atoms with Crippen LogP contribution in [0.2, 0.25) is 0 Å². The van der Waals surface area contributed by atoms with Crippen LogP contribution < -0.4 is 11.1 Å². The van der Waals surface area contributed by atoms with E-state index < -0.39 is 63.3 Å². The van der Waals surface area contributed by atoms with Gasteiger partial charge in [0, 0.05) is 18.0 Å². The smallest absolute Gasteiger partial charge is 0.235 e. The molecule has 1 amide bonds. The lowest BCUT2D eigenvalue weighted by Crippen LogP contribution is -2.79. The van der Waals surface area contributed by atoms with Crippen LogP contribution in [0.25, 0.3) is 21.9 Å². The number of carbonyl (C=O) groups excluding carboxylic acids is 5. The van der Waals surface area contributed by atoms with Gasteiger partial charge >= 0.3 is 0 Å². The van der Waals surface area contributed by atoms with Crippen LogP contribution in [-0.2, 0) is 32.1 Å². The number of amides is 1. The minimum Gasteiger partial charge on any atom is -0.507 e. The third-order valence-corrected chi connectivity index (χ3v) is 10.9. The largest absolute Gasteiger partial charge is 0.507 e. The van der Waals surface area contributed by atoms with Gasteiger partial charge in [-0.3, -0.25) is 28.9 Å². The van der Waals surface area contributed by atoms with Gasteiger partial charge in [-0.05, 0) is 71.4 Å². The van der Waals surface area contributed by atoms with Crippen LogP contribution in [0.15, 0.2) is 48.5 Å². The summed E-state index contributed by atoms with van der Waals surface area (Å²) in [5.41, 5.74) is 2.99. The number of phenolic OH excluding ortho intramolecular Hbond substituents is 1. The molecule has 0 radical (unpaired) electrons. The molecule has 10 heteroatoms. The molecule has 10 nitrogen and oxygen atoms in total. The van der Waals surface area contributed by atoms with Gasteiger partial charge in [-0.25, -0.2) is 0 Å². The third-order valence-electron chi connectivity index (χ3n) is 10.9. The van der Waals surface area contributed by atoms with E-state index in [2.05, 4.69) is 19.2 Å². The summed E-state index contributed by atoms with van der Waals surface area (Å²) < 4.78 is 0. The number of primary amides is 1. The number of fused-ring (bicyclic) bond motifs is 4. The fourth-order valence-corrected chi connectivity index (χ4v) is 9.04. The molecule has 0 heterocycles. The Bertz CT molecular complexity index is 1900. The van der Waals surface area contributed by atoms with E-state index in [9.17, 15) is 34.2 Å². The van der Waals surface area contributed by atoms with E-state index >= 15 is 0 Å². The van der Waals surface area contributed by atoms with Crippen molar-refractivity contribution in [2.45, 2.75) is 64.8 Å². The second kappa shape index (κ2) is 10.9. The minimum atomic E-state index is -2.84. The number of Topliss-reactive ketones (excluding diaryl/α,β-unsaturated/α-hetero) is 4. The van der Waals surface area contributed by atoms with Crippen molar-refractivity contribution in [1.82, 2.24) is 10.2 Å². The van der Waals surface area contributed by atoms with Gasteiger partial charge in [0.15, 0.2) is 34.7 Å². The summed E-state index contributed by atoms with van der Waals surface area (Å²) in [6.07, 6.45) is 0.0756. The third kappa shape index (κ3) is 4.45. The lowest BCUT2D eigenvalue weighted by atomic mass is 9.42. The maximum Gasteiger partial charge on any atom is 0.235 e. The molecule has 246 valence electrons. The Labute approximate surface area is 273 Å². The molecule has 3 aliphatic carbocycles. The fraction of sp³-hybridized carbons (Fsp3) is 0.432. The van der Waals surface area contributed by atoms with Crippen molar-refractivity contribution in [3.8, 4) is 16.9 Å². The summed E-state index contributed by atoms with van der Waals surface area (Å²) in [6, 6.07) is 14.3. The number of carbonyl (C=O) groups is 5. The molecular formula is C37H41N3O7. The maximum absolute atomic E-state index is 14.5. The van der Waals surface area contributed by atoms with Crippen molar-refractivity contribution in [2.75, 3.05) is 14.1 Å². The molecule has 47 heavy (non-hydrogen) atoms. The summed E-state index contributed by atoms with van der Waals surface area (Å²) in [5, 5.41) is 28.8. The molecule has 3 aromatic carbocycles. The molecule has 6 rings (SSSR count). The molecule has 3 aromatic rings. The first-order chi connectivity index (χ1) is 22.0. The maximum atomic E-state index is 14.5. The monoisotopic (exact) mass is 639 g/mol. The Morgan fingerprint density at radius 1 is 0.979 bits per heavy atom. The molecule has 2 saturated carbocycles. The van der Waals surface area contributed by atoms with E-state index in [1.54, 1.807) is 27.1 Å². The van der Waals surface area contributed by atoms with Crippen LogP contribution in [0.5, 0.6) is 5.75 Å². The highest BCUT2D eigenvalue weighted by molar-refractivity contribution is 6.33. The van der Waals surface area contributed by atoms with Gasteiger partial charge in [0.25, 0.3) is 0 Å². The van der Waals surface area contributed by atoms with E-state index in [1.165, 1.54) is 17.9 Å². The lowest BCUT2D eigenvalue weighted by Gasteiger charge is -2.61. The molecule has 2 unspecified atom stereocenters. The Hall–Kier alpha value is -4.25. The number of benzene rings is 3. The van der Waals surface area contributed by atoms with Crippen molar-refractivity contribution in [3.05, 3.63) is 65.2 Å². The number of nitrogens with zero attached hydrogens (tertiary/aromatic N) is 1. The molecule has 5 N–H and O–H groups in total. The number of hydrogen-bond acceptors (Lipinski definition) is 9. The average Bonchev–Trinajstić information content (AvgIpc) is 2.97. The molecule has 0 saturated heterocycles. The fourth-order valence-electron chi connectivity index (χ4n) is 9.04. The number of nitrogens with one attached hydrogen (secondary N) is 1. The first-order valence-electron chi connectivity index (χ1n) is 15.9. The topological polar surface area (TPSA) is 167 Å². The van der Waals surface area contributed by atoms with Crippen molar-refractivity contribution in [3.63, 3.8) is 0 Å². The van der Waals surface area contributed by atoms with Crippen LogP contribution in [0.3, 0.4) is 0 Å². The van der Waals surface area contributed by atoms with Crippen molar-refractivity contribution in [2.24, 2.45) is 28.4 Å². The molecular weight excluding hydrogens is 598 g/mol. The summed E-state index contributed by atoms with van der Waals surface area (Å²) in [5.74, 6) is -8.97. The van der Waals surface area contributed by atoms with E-state index in [0.717, 1.165) is 27.5 Å². The van der Waals surface area contributed by atoms with Crippen LogP contribution in [0.4, 0.5) is 0 Å².